The molecule has 29 heavy (non-hydrogen) atoms. The first-order valence-electron chi connectivity index (χ1n) is 9.26. The molecule has 4 rings (SSSR count). The third-order valence-corrected chi connectivity index (χ3v) is 4.93. The predicted molar refractivity (Wildman–Crippen MR) is 107 cm³/mol. The lowest BCUT2D eigenvalue weighted by atomic mass is 9.89. The summed E-state index contributed by atoms with van der Waals surface area (Å²) in [5, 5.41) is 2.64. The van der Waals surface area contributed by atoms with Crippen LogP contribution in [0.2, 0.25) is 0 Å². The van der Waals surface area contributed by atoms with E-state index < -0.39 is 13.0 Å². The number of nitrogens with one attached hydrogen (secondary N) is 1. The van der Waals surface area contributed by atoms with Crippen molar-refractivity contribution in [3.8, 4) is 35.1 Å². The summed E-state index contributed by atoms with van der Waals surface area (Å²) >= 11 is 0. The van der Waals surface area contributed by atoms with Gasteiger partial charge in [0.05, 0.1) is 18.4 Å². The van der Waals surface area contributed by atoms with Crippen molar-refractivity contribution in [2.24, 2.45) is 0 Å². The van der Waals surface area contributed by atoms with Gasteiger partial charge in [-0.3, -0.25) is 4.79 Å². The average Bonchev–Trinajstić information content (AvgIpc) is 3.22. The molecule has 1 aromatic heterocycles. The Hall–Kier alpha value is -3.46. The van der Waals surface area contributed by atoms with Crippen molar-refractivity contribution >= 4 is 11.5 Å². The van der Waals surface area contributed by atoms with Gasteiger partial charge in [0, 0.05) is 29.5 Å². The van der Waals surface area contributed by atoms with Crippen molar-refractivity contribution in [2.45, 2.75) is 25.7 Å². The Morgan fingerprint density at radius 3 is 2.76 bits per heavy atom. The molecule has 4 nitrogen and oxygen atoms in total. The highest BCUT2D eigenvalue weighted by Gasteiger charge is 2.17. The van der Waals surface area contributed by atoms with Gasteiger partial charge in [0.25, 0.3) is 6.43 Å². The molecule has 0 spiro atoms. The number of halogens is 2. The average molecular weight is 392 g/mol. The Labute approximate surface area is 167 Å². The van der Waals surface area contributed by atoms with Gasteiger partial charge in [-0.05, 0) is 41.8 Å². The summed E-state index contributed by atoms with van der Waals surface area (Å²) in [4.78, 5) is 15.9. The molecule has 0 amide bonds. The zero-order chi connectivity index (χ0) is 20.4. The number of hydrogen-bond donors (Lipinski definition) is 1. The fraction of sp³-hybridized carbons (Fsp3) is 0.217. The Kier molecular flexibility index (Phi) is 5.13. The number of alkyl halides is 2. The third-order valence-electron chi connectivity index (χ3n) is 4.93. The smallest absolute Gasteiger partial charge is 0.255 e. The summed E-state index contributed by atoms with van der Waals surface area (Å²) in [6, 6.07) is 11.0. The van der Waals surface area contributed by atoms with Crippen LogP contribution in [0.1, 0.15) is 23.1 Å². The van der Waals surface area contributed by atoms with Crippen LogP contribution in [-0.2, 0) is 17.6 Å². The van der Waals surface area contributed by atoms with Crippen molar-refractivity contribution in [2.75, 3.05) is 11.9 Å². The zero-order valence-corrected chi connectivity index (χ0v) is 15.5. The van der Waals surface area contributed by atoms with Crippen LogP contribution < -0.4 is 5.32 Å². The Morgan fingerprint density at radius 2 is 1.97 bits per heavy atom. The Morgan fingerprint density at radius 1 is 1.14 bits per heavy atom. The van der Waals surface area contributed by atoms with E-state index >= 15 is 0 Å². The molecule has 1 N–H and O–H groups in total. The Balaban J connectivity index is 1.59. The molecule has 0 unspecified atom stereocenters. The normalized spacial score (nSPS) is 13.2. The van der Waals surface area contributed by atoms with E-state index in [9.17, 15) is 13.6 Å². The van der Waals surface area contributed by atoms with E-state index in [-0.39, 0.29) is 5.78 Å². The van der Waals surface area contributed by atoms with Crippen molar-refractivity contribution in [1.29, 1.82) is 0 Å². The highest BCUT2D eigenvalue weighted by molar-refractivity contribution is 5.83. The molecule has 1 heterocycles. The summed E-state index contributed by atoms with van der Waals surface area (Å²) in [7, 11) is 0. The fourth-order valence-electron chi connectivity index (χ4n) is 3.44. The molecule has 146 valence electrons. The van der Waals surface area contributed by atoms with E-state index in [2.05, 4.69) is 16.2 Å². The van der Waals surface area contributed by atoms with E-state index in [0.717, 1.165) is 23.1 Å². The third kappa shape index (κ3) is 4.04. The van der Waals surface area contributed by atoms with Crippen molar-refractivity contribution < 1.29 is 18.0 Å². The molecule has 0 fully saturated rings. The number of nitrogens with zero attached hydrogens (tertiary/aromatic N) is 1. The standard InChI is InChI=1S/C23H18F2N2O2/c1-2-14-9-18(6-8-20(14)26-13-22(24)25)23-27-12-21(29-23)17-4-3-16-11-19(28)7-5-15(16)10-17/h1,3-4,6,8-10,12,22,26H,5,7,11,13H2. The number of Topliss-reactive ketones (excluding diaryl/α,β-unsaturated/α-hetero) is 1. The number of terminal acetylenes is 1. The summed E-state index contributed by atoms with van der Waals surface area (Å²) in [5.41, 5.74) is 4.70. The molecular weight excluding hydrogens is 374 g/mol. The lowest BCUT2D eigenvalue weighted by Gasteiger charge is -2.15. The minimum Gasteiger partial charge on any atom is -0.436 e. The fourth-order valence-corrected chi connectivity index (χ4v) is 3.44. The van der Waals surface area contributed by atoms with Crippen LogP contribution in [-0.4, -0.2) is 23.7 Å². The molecular formula is C23H18F2N2O2. The molecule has 0 saturated heterocycles. The second kappa shape index (κ2) is 7.88. The molecule has 0 aliphatic heterocycles. The predicted octanol–water partition coefficient (Wildman–Crippen LogP) is 4.72. The first-order chi connectivity index (χ1) is 14.0. The van der Waals surface area contributed by atoms with E-state index in [0.29, 0.717) is 41.3 Å². The number of carbonyl (C=O) groups excluding carboxylic acids is 1. The van der Waals surface area contributed by atoms with Crippen molar-refractivity contribution in [3.63, 3.8) is 0 Å². The van der Waals surface area contributed by atoms with Crippen LogP contribution in [0.4, 0.5) is 14.5 Å². The lowest BCUT2D eigenvalue weighted by Crippen LogP contribution is -2.12. The van der Waals surface area contributed by atoms with Gasteiger partial charge in [-0.1, -0.05) is 18.1 Å². The number of anilines is 1. The van der Waals surface area contributed by atoms with Gasteiger partial charge in [-0.25, -0.2) is 13.8 Å². The van der Waals surface area contributed by atoms with Crippen LogP contribution in [0.15, 0.2) is 47.0 Å². The monoisotopic (exact) mass is 392 g/mol. The first kappa shape index (κ1) is 18.9. The summed E-state index contributed by atoms with van der Waals surface area (Å²) in [6.45, 7) is -0.471. The SMILES string of the molecule is C#Cc1cc(-c2ncc(-c3ccc4c(c3)CCC(=O)C4)o2)ccc1NCC(F)F. The number of hydrogen-bond acceptors (Lipinski definition) is 4. The van der Waals surface area contributed by atoms with E-state index in [4.69, 9.17) is 10.8 Å². The number of rotatable bonds is 5. The molecule has 1 aliphatic rings. The minimum absolute atomic E-state index is 0.267. The minimum atomic E-state index is -2.47. The van der Waals surface area contributed by atoms with Gasteiger partial charge in [0.2, 0.25) is 5.89 Å². The molecule has 3 aromatic rings. The van der Waals surface area contributed by atoms with Gasteiger partial charge in [0.15, 0.2) is 5.76 Å². The maximum atomic E-state index is 12.4. The second-order valence-electron chi connectivity index (χ2n) is 6.91. The number of oxazole rings is 1. The van der Waals surface area contributed by atoms with Crippen LogP contribution in [0.25, 0.3) is 22.8 Å². The molecule has 6 heteroatoms. The maximum absolute atomic E-state index is 12.4. The molecule has 2 aromatic carbocycles. The van der Waals surface area contributed by atoms with Crippen molar-refractivity contribution in [3.05, 3.63) is 59.3 Å². The van der Waals surface area contributed by atoms with Crippen molar-refractivity contribution in [1.82, 2.24) is 4.98 Å². The largest absolute Gasteiger partial charge is 0.436 e. The zero-order valence-electron chi connectivity index (χ0n) is 15.5. The quantitative estimate of drug-likeness (QED) is 0.638. The van der Waals surface area contributed by atoms with Crippen LogP contribution in [0, 0.1) is 12.3 Å². The molecule has 0 radical (unpaired) electrons. The lowest BCUT2D eigenvalue weighted by molar-refractivity contribution is -0.118. The summed E-state index contributed by atoms with van der Waals surface area (Å²) < 4.78 is 30.8. The number of aromatic nitrogens is 1. The van der Waals surface area contributed by atoms with Crippen LogP contribution in [0.3, 0.4) is 0 Å². The number of aryl methyl sites for hydroxylation is 1. The van der Waals surface area contributed by atoms with Crippen LogP contribution in [0.5, 0.6) is 0 Å². The van der Waals surface area contributed by atoms with Gasteiger partial charge in [-0.15, -0.1) is 6.42 Å². The highest BCUT2D eigenvalue weighted by atomic mass is 19.3. The van der Waals surface area contributed by atoms with Gasteiger partial charge in [0.1, 0.15) is 5.78 Å². The molecule has 0 bridgehead atoms. The second-order valence-corrected chi connectivity index (χ2v) is 6.91. The summed E-state index contributed by atoms with van der Waals surface area (Å²) in [6.07, 6.45) is 6.49. The van der Waals surface area contributed by atoms with Gasteiger partial charge >= 0.3 is 0 Å². The highest BCUT2D eigenvalue weighted by Crippen LogP contribution is 2.31. The maximum Gasteiger partial charge on any atom is 0.255 e. The summed E-state index contributed by atoms with van der Waals surface area (Å²) in [5.74, 6) is 3.77. The molecule has 0 saturated carbocycles. The van der Waals surface area contributed by atoms with E-state index in [1.807, 2.05) is 18.2 Å². The van der Waals surface area contributed by atoms with E-state index in [1.54, 1.807) is 24.4 Å². The number of ketones is 1. The topological polar surface area (TPSA) is 55.1 Å². The van der Waals surface area contributed by atoms with Gasteiger partial charge in [-0.2, -0.15) is 0 Å². The first-order valence-corrected chi connectivity index (χ1v) is 9.26. The number of carbonyl (C=O) groups is 1. The molecule has 1 aliphatic carbocycles. The van der Waals surface area contributed by atoms with Gasteiger partial charge < -0.3 is 9.73 Å². The van der Waals surface area contributed by atoms with Crippen LogP contribution >= 0.6 is 0 Å². The van der Waals surface area contributed by atoms with E-state index in [1.165, 1.54) is 0 Å². The Bertz CT molecular complexity index is 1110. The molecule has 0 atom stereocenters. The number of benzene rings is 2. The number of fused-ring (bicyclic) bond motifs is 1.